The maximum Gasteiger partial charge on any atom is 0.142 e. The van der Waals surface area contributed by atoms with Gasteiger partial charge in [0, 0.05) is 19.3 Å². The molecule has 4 atom stereocenters. The van der Waals surface area contributed by atoms with E-state index in [-0.39, 0.29) is 0 Å². The third-order valence-electron chi connectivity index (χ3n) is 7.45. The largest absolute Gasteiger partial charge is 0.356 e. The summed E-state index contributed by atoms with van der Waals surface area (Å²) in [5.41, 5.74) is 6.60. The zero-order chi connectivity index (χ0) is 20.6. The van der Waals surface area contributed by atoms with Crippen LogP contribution in [0.4, 0.5) is 5.82 Å². The van der Waals surface area contributed by atoms with Crippen molar-refractivity contribution >= 4 is 16.9 Å². The van der Waals surface area contributed by atoms with Crippen LogP contribution in [0.25, 0.3) is 11.0 Å². The van der Waals surface area contributed by atoms with E-state index in [4.69, 9.17) is 5.73 Å². The highest BCUT2D eigenvalue weighted by Crippen LogP contribution is 2.34. The number of nitrogens with zero attached hydrogens (tertiary/aromatic N) is 3. The first-order valence-corrected chi connectivity index (χ1v) is 11.9. The van der Waals surface area contributed by atoms with Gasteiger partial charge in [0.2, 0.25) is 0 Å². The number of anilines is 1. The van der Waals surface area contributed by atoms with Crippen molar-refractivity contribution in [3.8, 4) is 0 Å². The Bertz CT molecular complexity index is 715. The van der Waals surface area contributed by atoms with Gasteiger partial charge in [0.15, 0.2) is 0 Å². The second-order valence-electron chi connectivity index (χ2n) is 9.02. The normalized spacial score (nSPS) is 27.3. The van der Waals surface area contributed by atoms with Crippen molar-refractivity contribution in [3.63, 3.8) is 0 Å². The summed E-state index contributed by atoms with van der Waals surface area (Å²) in [7, 11) is 2.19. The third-order valence-corrected chi connectivity index (χ3v) is 7.45. The molecule has 0 spiro atoms. The lowest BCUT2D eigenvalue weighted by Crippen LogP contribution is -2.40. The summed E-state index contributed by atoms with van der Waals surface area (Å²) in [4.78, 5) is 14.3. The van der Waals surface area contributed by atoms with E-state index in [1.54, 1.807) is 6.33 Å². The number of hydrogen-bond acceptors (Lipinski definition) is 4. The molecule has 2 fully saturated rings. The molecule has 3 N–H and O–H groups in total. The maximum absolute atomic E-state index is 5.67. The van der Waals surface area contributed by atoms with Crippen LogP contribution in [0.15, 0.2) is 18.6 Å². The Labute approximate surface area is 176 Å². The summed E-state index contributed by atoms with van der Waals surface area (Å²) in [5.74, 6) is 3.65. The molecule has 4 rings (SSSR count). The van der Waals surface area contributed by atoms with Crippen LogP contribution < -0.4 is 10.6 Å². The lowest BCUT2D eigenvalue weighted by atomic mass is 9.78. The van der Waals surface area contributed by atoms with Crippen molar-refractivity contribution in [2.75, 3.05) is 18.5 Å². The molecule has 2 aliphatic rings. The number of aromatic amines is 1. The number of aromatic nitrogens is 3. The van der Waals surface area contributed by atoms with Crippen molar-refractivity contribution < 1.29 is 0 Å². The average Bonchev–Trinajstić information content (AvgIpc) is 3.28. The first-order valence-electron chi connectivity index (χ1n) is 11.9. The molecule has 2 saturated carbocycles. The fourth-order valence-corrected chi connectivity index (χ4v) is 5.60. The molecule has 0 aromatic carbocycles. The SMILES string of the molecule is CCC1CCCCC1CN.CCC1CCCCC1N(C)c1ncnc2[nH]ccc12. The molecule has 2 aromatic heterocycles. The fourth-order valence-electron chi connectivity index (χ4n) is 5.60. The standard InChI is InChI=1S/C15H22N4.C9H19N/c1-3-11-6-4-5-7-13(11)19(2)15-12-8-9-16-14(12)17-10-18-15;1-2-8-5-3-4-6-9(8)7-10/h8-11,13H,3-7H2,1-2H3,(H,16,17,18);8-9H,2-7,10H2,1H3. The quantitative estimate of drug-likeness (QED) is 0.694. The summed E-state index contributed by atoms with van der Waals surface area (Å²) in [5, 5.41) is 1.13. The minimum Gasteiger partial charge on any atom is -0.356 e. The summed E-state index contributed by atoms with van der Waals surface area (Å²) < 4.78 is 0. The molecule has 162 valence electrons. The van der Waals surface area contributed by atoms with Crippen molar-refractivity contribution in [1.82, 2.24) is 15.0 Å². The van der Waals surface area contributed by atoms with Crippen LogP contribution in [0.1, 0.15) is 78.1 Å². The molecule has 0 bridgehead atoms. The molecule has 5 nitrogen and oxygen atoms in total. The first-order chi connectivity index (χ1) is 14.2. The van der Waals surface area contributed by atoms with Crippen LogP contribution in [0.2, 0.25) is 0 Å². The van der Waals surface area contributed by atoms with Crippen LogP contribution in [-0.2, 0) is 0 Å². The highest BCUT2D eigenvalue weighted by Gasteiger charge is 2.28. The van der Waals surface area contributed by atoms with Crippen molar-refractivity contribution in [2.24, 2.45) is 23.5 Å². The van der Waals surface area contributed by atoms with Gasteiger partial charge in [-0.3, -0.25) is 0 Å². The Hall–Kier alpha value is -1.62. The summed E-state index contributed by atoms with van der Waals surface area (Å²) in [6.45, 7) is 5.51. The number of nitrogens with two attached hydrogens (primary N) is 1. The maximum atomic E-state index is 5.67. The van der Waals surface area contributed by atoms with Gasteiger partial charge in [-0.05, 0) is 49.6 Å². The van der Waals surface area contributed by atoms with Gasteiger partial charge in [-0.25, -0.2) is 9.97 Å². The van der Waals surface area contributed by atoms with E-state index in [2.05, 4.69) is 46.8 Å². The molecule has 0 aliphatic heterocycles. The second kappa shape index (κ2) is 11.0. The van der Waals surface area contributed by atoms with Gasteiger partial charge in [0.25, 0.3) is 0 Å². The van der Waals surface area contributed by atoms with E-state index in [1.165, 1.54) is 64.2 Å². The van der Waals surface area contributed by atoms with Crippen LogP contribution in [0.3, 0.4) is 0 Å². The summed E-state index contributed by atoms with van der Waals surface area (Å²) >= 11 is 0. The van der Waals surface area contributed by atoms with Gasteiger partial charge in [-0.2, -0.15) is 0 Å². The van der Waals surface area contributed by atoms with Crippen molar-refractivity contribution in [2.45, 2.75) is 84.1 Å². The molecule has 0 saturated heterocycles. The lowest BCUT2D eigenvalue weighted by Gasteiger charge is -2.38. The number of fused-ring (bicyclic) bond motifs is 1. The predicted molar refractivity (Wildman–Crippen MR) is 123 cm³/mol. The topological polar surface area (TPSA) is 70.8 Å². The Kier molecular flexibility index (Phi) is 8.34. The fraction of sp³-hybridized carbons (Fsp3) is 0.750. The highest BCUT2D eigenvalue weighted by molar-refractivity contribution is 5.87. The van der Waals surface area contributed by atoms with Gasteiger partial charge in [-0.15, -0.1) is 0 Å². The average molecular weight is 400 g/mol. The Morgan fingerprint density at radius 2 is 1.62 bits per heavy atom. The van der Waals surface area contributed by atoms with Crippen molar-refractivity contribution in [1.29, 1.82) is 0 Å². The molecule has 2 aromatic rings. The van der Waals surface area contributed by atoms with Gasteiger partial charge in [-0.1, -0.05) is 58.8 Å². The van der Waals surface area contributed by atoms with E-state index in [9.17, 15) is 0 Å². The van der Waals surface area contributed by atoms with E-state index < -0.39 is 0 Å². The molecule has 2 heterocycles. The minimum atomic E-state index is 0.617. The van der Waals surface area contributed by atoms with Gasteiger partial charge < -0.3 is 15.6 Å². The molecular weight excluding hydrogens is 358 g/mol. The number of rotatable bonds is 5. The number of hydrogen-bond donors (Lipinski definition) is 2. The Morgan fingerprint density at radius 1 is 0.966 bits per heavy atom. The van der Waals surface area contributed by atoms with Gasteiger partial charge in [0.05, 0.1) is 5.39 Å². The molecule has 0 amide bonds. The highest BCUT2D eigenvalue weighted by atomic mass is 15.2. The first kappa shape index (κ1) is 22.1. The van der Waals surface area contributed by atoms with Crippen LogP contribution >= 0.6 is 0 Å². The molecule has 2 aliphatic carbocycles. The molecule has 29 heavy (non-hydrogen) atoms. The zero-order valence-electron chi connectivity index (χ0n) is 18.7. The Balaban J connectivity index is 0.000000204. The minimum absolute atomic E-state index is 0.617. The smallest absolute Gasteiger partial charge is 0.142 e. The lowest BCUT2D eigenvalue weighted by molar-refractivity contribution is 0.237. The van der Waals surface area contributed by atoms with E-state index in [0.717, 1.165) is 41.1 Å². The zero-order valence-corrected chi connectivity index (χ0v) is 18.7. The molecular formula is C24H41N5. The van der Waals surface area contributed by atoms with Crippen LogP contribution in [-0.4, -0.2) is 34.6 Å². The number of nitrogens with one attached hydrogen (secondary N) is 1. The summed E-state index contributed by atoms with van der Waals surface area (Å²) in [6.07, 6.45) is 17.2. The van der Waals surface area contributed by atoms with Gasteiger partial charge >= 0.3 is 0 Å². The van der Waals surface area contributed by atoms with Crippen molar-refractivity contribution in [3.05, 3.63) is 18.6 Å². The van der Waals surface area contributed by atoms with Crippen LogP contribution in [0.5, 0.6) is 0 Å². The second-order valence-corrected chi connectivity index (χ2v) is 9.02. The van der Waals surface area contributed by atoms with E-state index in [0.29, 0.717) is 6.04 Å². The van der Waals surface area contributed by atoms with E-state index >= 15 is 0 Å². The monoisotopic (exact) mass is 399 g/mol. The van der Waals surface area contributed by atoms with E-state index in [1.807, 2.05) is 6.20 Å². The summed E-state index contributed by atoms with van der Waals surface area (Å²) in [6, 6.07) is 2.69. The third kappa shape index (κ3) is 5.30. The van der Waals surface area contributed by atoms with Crippen LogP contribution in [0, 0.1) is 17.8 Å². The van der Waals surface area contributed by atoms with Gasteiger partial charge in [0.1, 0.15) is 17.8 Å². The number of H-pyrrole nitrogens is 1. The molecule has 4 unspecified atom stereocenters. The molecule has 0 radical (unpaired) electrons. The Morgan fingerprint density at radius 3 is 2.28 bits per heavy atom. The predicted octanol–water partition coefficient (Wildman–Crippen LogP) is 5.52. The molecule has 5 heteroatoms.